The van der Waals surface area contributed by atoms with Crippen LogP contribution in [-0.4, -0.2) is 74.3 Å². The SMILES string of the molecule is CC/C=C\C/C=C\C/C=C\C/C=C\C/C=C\C/C=C\CCCCC(=O)OC(/C=C\CCCCCCCCCCCCC)C(COP(=O)(O)OCC[N+](C)(C)C)NC(=O)CCCCC/C=C\CCCCCCCCC. The van der Waals surface area contributed by atoms with Crippen LogP contribution in [0.3, 0.4) is 0 Å². The Morgan fingerprint density at radius 3 is 1.32 bits per heavy atom. The van der Waals surface area contributed by atoms with E-state index in [2.05, 4.69) is 111 Å². The maximum Gasteiger partial charge on any atom is 0.472 e. The Kier molecular flexibility index (Phi) is 51.1. The van der Waals surface area contributed by atoms with Crippen molar-refractivity contribution < 1.29 is 37.3 Å². The van der Waals surface area contributed by atoms with Crippen molar-refractivity contribution in [2.75, 3.05) is 40.9 Å². The van der Waals surface area contributed by atoms with Crippen LogP contribution in [0.5, 0.6) is 0 Å². The van der Waals surface area contributed by atoms with Gasteiger partial charge in [-0.3, -0.25) is 18.6 Å². The number of phosphoric acid groups is 1. The minimum Gasteiger partial charge on any atom is -0.456 e. The minimum absolute atomic E-state index is 0.0263. The maximum absolute atomic E-state index is 13.5. The third kappa shape index (κ3) is 53.7. The Labute approximate surface area is 456 Å². The summed E-state index contributed by atoms with van der Waals surface area (Å²) in [5.41, 5.74) is 0. The molecule has 0 aliphatic carbocycles. The molecule has 3 atom stereocenters. The predicted molar refractivity (Wildman–Crippen MR) is 318 cm³/mol. The van der Waals surface area contributed by atoms with Crippen molar-refractivity contribution in [1.82, 2.24) is 5.32 Å². The van der Waals surface area contributed by atoms with Crippen molar-refractivity contribution in [3.05, 3.63) is 97.2 Å². The Balaban J connectivity index is 5.42. The monoisotopic (exact) mass is 1050 g/mol. The van der Waals surface area contributed by atoms with E-state index in [1.807, 2.05) is 33.3 Å². The highest BCUT2D eigenvalue weighted by Gasteiger charge is 2.30. The average molecular weight is 1050 g/mol. The lowest BCUT2D eigenvalue weighted by Gasteiger charge is -2.27. The van der Waals surface area contributed by atoms with Gasteiger partial charge in [0.2, 0.25) is 5.91 Å². The molecule has 0 bridgehead atoms. The van der Waals surface area contributed by atoms with Crippen LogP contribution in [0.4, 0.5) is 0 Å². The lowest BCUT2D eigenvalue weighted by molar-refractivity contribution is -0.870. The molecule has 2 N–H and O–H groups in total. The van der Waals surface area contributed by atoms with Crippen LogP contribution in [0.1, 0.15) is 245 Å². The zero-order valence-electron chi connectivity index (χ0n) is 48.6. The summed E-state index contributed by atoms with van der Waals surface area (Å²) in [6, 6.07) is -0.879. The third-order valence-electron chi connectivity index (χ3n) is 12.8. The molecule has 0 fully saturated rings. The molecule has 0 aliphatic heterocycles. The number of likely N-dealkylation sites (N-methyl/N-ethyl adjacent to an activating group) is 1. The number of nitrogens with zero attached hydrogens (tertiary/aromatic N) is 1. The molecule has 0 radical (unpaired) electrons. The van der Waals surface area contributed by atoms with E-state index in [0.717, 1.165) is 96.3 Å². The first-order chi connectivity index (χ1) is 35.9. The van der Waals surface area contributed by atoms with E-state index >= 15 is 0 Å². The first kappa shape index (κ1) is 70.9. The van der Waals surface area contributed by atoms with E-state index in [0.29, 0.717) is 30.3 Å². The summed E-state index contributed by atoms with van der Waals surface area (Å²) in [6.07, 6.45) is 71.2. The van der Waals surface area contributed by atoms with Gasteiger partial charge >= 0.3 is 13.8 Å². The fraction of sp³-hybridized carbons (Fsp3) is 0.719. The van der Waals surface area contributed by atoms with E-state index in [-0.39, 0.29) is 31.5 Å². The molecule has 0 rings (SSSR count). The summed E-state index contributed by atoms with van der Waals surface area (Å²) in [6.45, 7) is 6.84. The maximum atomic E-state index is 13.5. The van der Waals surface area contributed by atoms with Crippen molar-refractivity contribution in [3.63, 3.8) is 0 Å². The lowest BCUT2D eigenvalue weighted by Crippen LogP contribution is -2.47. The van der Waals surface area contributed by atoms with Crippen LogP contribution < -0.4 is 5.32 Å². The van der Waals surface area contributed by atoms with E-state index < -0.39 is 20.0 Å². The molecular weight excluding hydrogens is 940 g/mol. The summed E-state index contributed by atoms with van der Waals surface area (Å²) in [4.78, 5) is 37.6. The van der Waals surface area contributed by atoms with Gasteiger partial charge in [-0.05, 0) is 109 Å². The Morgan fingerprint density at radius 2 is 0.865 bits per heavy atom. The summed E-state index contributed by atoms with van der Waals surface area (Å²) in [7, 11) is 1.45. The van der Waals surface area contributed by atoms with E-state index in [4.69, 9.17) is 13.8 Å². The number of carbonyl (C=O) groups excluding carboxylic acids is 2. The molecule has 0 aromatic heterocycles. The number of nitrogens with one attached hydrogen (secondary N) is 1. The molecule has 0 aromatic rings. The number of rotatable bonds is 53. The molecule has 1 amide bonds. The molecule has 74 heavy (non-hydrogen) atoms. The first-order valence-electron chi connectivity index (χ1n) is 30.1. The van der Waals surface area contributed by atoms with Gasteiger partial charge in [-0.15, -0.1) is 0 Å². The second-order valence-corrected chi connectivity index (χ2v) is 22.6. The Morgan fingerprint density at radius 1 is 0.486 bits per heavy atom. The molecule has 10 heteroatoms. The highest BCUT2D eigenvalue weighted by Crippen LogP contribution is 2.43. The molecule has 426 valence electrons. The summed E-state index contributed by atoms with van der Waals surface area (Å²) < 4.78 is 30.6. The number of esters is 1. The Bertz CT molecular complexity index is 1590. The molecular formula is C64H114N2O7P+. The predicted octanol–water partition coefficient (Wildman–Crippen LogP) is 18.4. The molecule has 0 saturated heterocycles. The summed E-state index contributed by atoms with van der Waals surface area (Å²) in [5, 5.41) is 3.03. The van der Waals surface area contributed by atoms with Gasteiger partial charge in [-0.2, -0.15) is 0 Å². The lowest BCUT2D eigenvalue weighted by atomic mass is 10.0. The summed E-state index contributed by atoms with van der Waals surface area (Å²) in [5.74, 6) is -0.578. The number of hydrogen-bond acceptors (Lipinski definition) is 6. The number of allylic oxidation sites excluding steroid dienone is 15. The van der Waals surface area contributed by atoms with Gasteiger partial charge < -0.3 is 19.4 Å². The van der Waals surface area contributed by atoms with Gasteiger partial charge in [0.15, 0.2) is 0 Å². The molecule has 9 nitrogen and oxygen atoms in total. The molecule has 0 heterocycles. The molecule has 3 unspecified atom stereocenters. The van der Waals surface area contributed by atoms with Crippen LogP contribution in [0.15, 0.2) is 97.2 Å². The average Bonchev–Trinajstić information content (AvgIpc) is 3.36. The summed E-state index contributed by atoms with van der Waals surface area (Å²) >= 11 is 0. The molecule has 0 spiro atoms. The zero-order chi connectivity index (χ0) is 54.3. The van der Waals surface area contributed by atoms with Crippen LogP contribution >= 0.6 is 7.82 Å². The van der Waals surface area contributed by atoms with Crippen molar-refractivity contribution in [3.8, 4) is 0 Å². The molecule has 0 aromatic carbocycles. The van der Waals surface area contributed by atoms with Crippen molar-refractivity contribution in [2.45, 2.75) is 258 Å². The van der Waals surface area contributed by atoms with Crippen LogP contribution in [0, 0.1) is 0 Å². The van der Waals surface area contributed by atoms with Crippen LogP contribution in [0.2, 0.25) is 0 Å². The van der Waals surface area contributed by atoms with Gasteiger partial charge in [0, 0.05) is 12.8 Å². The minimum atomic E-state index is -4.46. The van der Waals surface area contributed by atoms with E-state index in [9.17, 15) is 19.0 Å². The van der Waals surface area contributed by atoms with E-state index in [1.165, 1.54) is 103 Å². The van der Waals surface area contributed by atoms with E-state index in [1.54, 1.807) is 0 Å². The fourth-order valence-corrected chi connectivity index (χ4v) is 8.85. The van der Waals surface area contributed by atoms with Crippen molar-refractivity contribution in [2.24, 2.45) is 0 Å². The van der Waals surface area contributed by atoms with Gasteiger partial charge in [-0.1, -0.05) is 221 Å². The number of unbranched alkanes of at least 4 members (excludes halogenated alkanes) is 23. The number of carbonyl (C=O) groups is 2. The largest absolute Gasteiger partial charge is 0.472 e. The highest BCUT2D eigenvalue weighted by molar-refractivity contribution is 7.47. The van der Waals surface area contributed by atoms with Gasteiger partial charge in [0.05, 0.1) is 33.8 Å². The number of quaternary nitrogens is 1. The fourth-order valence-electron chi connectivity index (χ4n) is 8.11. The number of amides is 1. The van der Waals surface area contributed by atoms with Gasteiger partial charge in [0.1, 0.15) is 19.3 Å². The van der Waals surface area contributed by atoms with Crippen molar-refractivity contribution in [1.29, 1.82) is 0 Å². The Hall–Kier alpha value is -3.07. The standard InChI is InChI=1S/C64H113N2O7P/c1-7-10-13-16-19-22-25-28-30-31-32-33-34-35-36-39-42-45-48-51-54-57-64(68)73-62(55-52-49-46-43-40-37-27-24-21-18-15-12-9-3)61(60-72-74(69,70)71-59-58-66(4,5)6)65-63(67)56-53-50-47-44-41-38-29-26-23-20-17-14-11-8-2/h10,13,19,22,28,30,32-33,35-36,38,41-42,45,52,55,61-62H,7-9,11-12,14-18,20-21,23-27,29,31,34,37,39-40,43-44,46-51,53-54,56-60H2,1-6H3,(H-,65,67,69,70)/p+1/b13-10-,22-19-,30-28-,33-32-,36-35-,41-38-,45-42-,55-52-. The number of hydrogen-bond donors (Lipinski definition) is 2. The van der Waals surface area contributed by atoms with Gasteiger partial charge in [-0.25, -0.2) is 4.57 Å². The second kappa shape index (κ2) is 53.3. The third-order valence-corrected chi connectivity index (χ3v) is 13.7. The highest BCUT2D eigenvalue weighted by atomic mass is 31.2. The number of ether oxygens (including phenoxy) is 1. The zero-order valence-corrected chi connectivity index (χ0v) is 49.4. The van der Waals surface area contributed by atoms with Crippen LogP contribution in [0.25, 0.3) is 0 Å². The van der Waals surface area contributed by atoms with Crippen LogP contribution in [-0.2, 0) is 27.9 Å². The number of phosphoric ester groups is 1. The normalized spacial score (nSPS) is 14.4. The second-order valence-electron chi connectivity index (χ2n) is 21.1. The topological polar surface area (TPSA) is 111 Å². The molecule has 0 saturated carbocycles. The smallest absolute Gasteiger partial charge is 0.456 e. The first-order valence-corrected chi connectivity index (χ1v) is 31.6. The molecule has 0 aliphatic rings. The van der Waals surface area contributed by atoms with Crippen molar-refractivity contribution >= 4 is 19.7 Å². The quantitative estimate of drug-likeness (QED) is 0.0205. The van der Waals surface area contributed by atoms with Gasteiger partial charge in [0.25, 0.3) is 0 Å².